The summed E-state index contributed by atoms with van der Waals surface area (Å²) in [5.74, 6) is -1.55. The highest BCUT2D eigenvalue weighted by Crippen LogP contribution is 2.41. The van der Waals surface area contributed by atoms with Crippen LogP contribution in [0.2, 0.25) is 0 Å². The first-order chi connectivity index (χ1) is 32.0. The van der Waals surface area contributed by atoms with E-state index < -0.39 is 57.6 Å². The minimum atomic E-state index is -4.80. The Hall–Kier alpha value is -6.83. The van der Waals surface area contributed by atoms with Gasteiger partial charge in [0.05, 0.1) is 12.0 Å². The second-order valence-electron chi connectivity index (χ2n) is 17.0. The zero-order chi connectivity index (χ0) is 47.8. The first-order valence-electron chi connectivity index (χ1n) is 21.7. The molecule has 4 aromatic carbocycles. The number of guanidine groups is 1. The highest BCUT2D eigenvalue weighted by Gasteiger charge is 2.51. The number of ether oxygens (including phenoxy) is 2. The summed E-state index contributed by atoms with van der Waals surface area (Å²) in [5, 5.41) is 12.8. The third kappa shape index (κ3) is 11.6. The number of aromatic nitrogens is 1. The first kappa shape index (κ1) is 48.1. The average molecular weight is 951 g/mol. The van der Waals surface area contributed by atoms with Gasteiger partial charge in [0, 0.05) is 38.0 Å². The van der Waals surface area contributed by atoms with E-state index in [1.54, 1.807) is 26.2 Å². The number of alkyl carbamates (subject to hydrolysis) is 1. The number of carbonyl (C=O) groups is 3. The minimum Gasteiger partial charge on any atom is -0.490 e. The van der Waals surface area contributed by atoms with E-state index in [9.17, 15) is 27.4 Å². The number of oxime groups is 1. The normalized spacial score (nSPS) is 16.5. The fourth-order valence-corrected chi connectivity index (χ4v) is 9.64. The highest BCUT2D eigenvalue weighted by atomic mass is 32.2. The first-order valence-corrected chi connectivity index (χ1v) is 24.0. The number of aliphatic imine (C=N–C) groups is 1. The van der Waals surface area contributed by atoms with Crippen LogP contribution in [0.4, 0.5) is 9.93 Å². The molecule has 2 atom stereocenters. The number of carbonyl (C=O) groups excluding carboxylic acids is 3. The maximum Gasteiger partial charge on any atom is 0.407 e. The van der Waals surface area contributed by atoms with Crippen LogP contribution in [0.25, 0.3) is 0 Å². The molecule has 0 radical (unpaired) electrons. The fraction of sp³-hybridized carbons (Fsp3) is 0.333. The molecular weight excluding hydrogens is 897 g/mol. The van der Waals surface area contributed by atoms with Crippen LogP contribution in [-0.2, 0) is 48.1 Å². The molecule has 352 valence electrons. The molecule has 5 aromatic rings. The lowest BCUT2D eigenvalue weighted by atomic mass is 9.77. The summed E-state index contributed by atoms with van der Waals surface area (Å²) < 4.78 is 44.8. The molecule has 3 heterocycles. The summed E-state index contributed by atoms with van der Waals surface area (Å²) in [6, 6.07) is 34.6. The third-order valence-electron chi connectivity index (χ3n) is 11.2. The Kier molecular flexibility index (Phi) is 14.9. The summed E-state index contributed by atoms with van der Waals surface area (Å²) in [6.07, 6.45) is -0.285. The van der Waals surface area contributed by atoms with Gasteiger partial charge in [0.25, 0.3) is 0 Å². The molecule has 17 nitrogen and oxygen atoms in total. The summed E-state index contributed by atoms with van der Waals surface area (Å²) >= 11 is 1.25. The molecule has 0 unspecified atom stereocenters. The Bertz CT molecular complexity index is 2610. The second-order valence-corrected chi connectivity index (χ2v) is 19.2. The second kappa shape index (κ2) is 20.8. The molecule has 1 saturated heterocycles. The van der Waals surface area contributed by atoms with Crippen molar-refractivity contribution in [3.63, 3.8) is 0 Å². The SMILES string of the molecule is C[C@H]1[C@H](CC(=O)/C(=N\OCCOc2ccc3c(c2)CN(C(N)=NCCCNC(=O)OC(C)(C)C)C3)c2csc(NC(c3ccccc3)(c3ccccc3)c3ccccc3)n2)C(=O)N1S(=O)(=O)O. The topological polar surface area (TPSA) is 227 Å². The third-order valence-corrected chi connectivity index (χ3v) is 12.9. The van der Waals surface area contributed by atoms with Gasteiger partial charge in [-0.05, 0) is 74.1 Å². The van der Waals surface area contributed by atoms with Gasteiger partial charge in [-0.25, -0.2) is 14.1 Å². The minimum absolute atomic E-state index is 0.0630. The van der Waals surface area contributed by atoms with E-state index in [-0.39, 0.29) is 24.6 Å². The number of β-lactam (4-membered cyclic amide) rings is 1. The van der Waals surface area contributed by atoms with Crippen molar-refractivity contribution in [3.05, 3.63) is 148 Å². The molecule has 1 fully saturated rings. The van der Waals surface area contributed by atoms with Crippen LogP contribution in [0.3, 0.4) is 0 Å². The molecule has 0 spiro atoms. The molecule has 5 N–H and O–H groups in total. The van der Waals surface area contributed by atoms with Crippen molar-refractivity contribution in [1.29, 1.82) is 0 Å². The van der Waals surface area contributed by atoms with Crippen LogP contribution in [0.1, 0.15) is 74.0 Å². The van der Waals surface area contributed by atoms with E-state index in [4.69, 9.17) is 25.0 Å². The Balaban J connectivity index is 1.04. The number of benzene rings is 4. The molecule has 19 heteroatoms. The zero-order valence-electron chi connectivity index (χ0n) is 37.6. The van der Waals surface area contributed by atoms with Gasteiger partial charge >= 0.3 is 16.4 Å². The Morgan fingerprint density at radius 3 is 2.10 bits per heavy atom. The standard InChI is InChI=1S/C48H54N8O9S2/c1-32-39(43(58)56(32)67(60,61)62)28-41(57)42(40-31-66-45(52-40)53-48(35-15-8-5-9-16-35,36-17-10-6-11-18-36)37-19-12-7-13-20-37)54-64-26-25-63-38-22-21-33-29-55(30-34(33)27-38)44(49)50-23-14-24-51-46(59)65-47(2,3)4/h5-13,15-22,27,31-32,39H,14,23-26,28-30H2,1-4H3,(H2,49,50)(H,51,59)(H,52,53)(H,60,61,62)/b54-42-/t32-,39-/m0/s1. The maximum atomic E-state index is 14.1. The summed E-state index contributed by atoms with van der Waals surface area (Å²) in [6.45, 7) is 8.80. The van der Waals surface area contributed by atoms with Gasteiger partial charge in [0.1, 0.15) is 29.2 Å². The largest absolute Gasteiger partial charge is 0.490 e. The molecule has 1 aromatic heterocycles. The summed E-state index contributed by atoms with van der Waals surface area (Å²) in [4.78, 5) is 55.8. The number of nitrogens with one attached hydrogen (secondary N) is 2. The average Bonchev–Trinajstić information content (AvgIpc) is 3.95. The quantitative estimate of drug-likeness (QED) is 0.0132. The lowest BCUT2D eigenvalue weighted by molar-refractivity contribution is -0.147. The van der Waals surface area contributed by atoms with Gasteiger partial charge < -0.3 is 35.6 Å². The van der Waals surface area contributed by atoms with Crippen molar-refractivity contribution in [2.24, 2.45) is 21.8 Å². The summed E-state index contributed by atoms with van der Waals surface area (Å²) in [7, 11) is -4.80. The van der Waals surface area contributed by atoms with Crippen LogP contribution < -0.4 is 21.1 Å². The maximum absolute atomic E-state index is 14.1. The zero-order valence-corrected chi connectivity index (χ0v) is 39.3. The number of anilines is 1. The van der Waals surface area contributed by atoms with Crippen molar-refractivity contribution in [2.75, 3.05) is 31.6 Å². The molecule has 2 aliphatic rings. The molecule has 7 rings (SSSR count). The van der Waals surface area contributed by atoms with Crippen LogP contribution in [0, 0.1) is 5.92 Å². The van der Waals surface area contributed by atoms with Crippen LogP contribution in [0.15, 0.2) is 125 Å². The van der Waals surface area contributed by atoms with Crippen LogP contribution >= 0.6 is 11.3 Å². The number of hydrogen-bond acceptors (Lipinski definition) is 13. The van der Waals surface area contributed by atoms with Crippen molar-refractivity contribution in [2.45, 2.75) is 70.8 Å². The molecule has 0 bridgehead atoms. The van der Waals surface area contributed by atoms with Gasteiger partial charge in [0.2, 0.25) is 5.91 Å². The predicted octanol–water partition coefficient (Wildman–Crippen LogP) is 6.50. The number of hydrogen-bond donors (Lipinski definition) is 4. The van der Waals surface area contributed by atoms with Crippen molar-refractivity contribution >= 4 is 56.2 Å². The van der Waals surface area contributed by atoms with Crippen molar-refractivity contribution in [1.82, 2.24) is 19.5 Å². The van der Waals surface area contributed by atoms with E-state index in [1.807, 2.05) is 114 Å². The molecular formula is C48H54N8O9S2. The number of fused-ring (bicyclic) bond motifs is 1. The number of rotatable bonds is 19. The van der Waals surface area contributed by atoms with E-state index in [2.05, 4.69) is 20.8 Å². The number of nitrogens with zero attached hydrogens (tertiary/aromatic N) is 5. The molecule has 0 aliphatic carbocycles. The molecule has 2 amide bonds. The van der Waals surface area contributed by atoms with Crippen molar-refractivity contribution in [3.8, 4) is 5.75 Å². The van der Waals surface area contributed by atoms with Gasteiger partial charge in [-0.15, -0.1) is 11.3 Å². The van der Waals surface area contributed by atoms with Gasteiger partial charge in [0.15, 0.2) is 29.2 Å². The fourth-order valence-electron chi connectivity index (χ4n) is 7.96. The van der Waals surface area contributed by atoms with E-state index in [1.165, 1.54) is 18.3 Å². The van der Waals surface area contributed by atoms with E-state index in [0.29, 0.717) is 53.7 Å². The van der Waals surface area contributed by atoms with Crippen molar-refractivity contribution < 1.29 is 41.7 Å². The van der Waals surface area contributed by atoms with Gasteiger partial charge in [-0.1, -0.05) is 102 Å². The molecule has 67 heavy (non-hydrogen) atoms. The monoisotopic (exact) mass is 950 g/mol. The number of ketones is 1. The smallest absolute Gasteiger partial charge is 0.407 e. The van der Waals surface area contributed by atoms with Gasteiger partial charge in [-0.3, -0.25) is 19.1 Å². The lowest BCUT2D eigenvalue weighted by Crippen LogP contribution is -2.62. The Labute approximate surface area is 393 Å². The Morgan fingerprint density at radius 1 is 0.910 bits per heavy atom. The highest BCUT2D eigenvalue weighted by molar-refractivity contribution is 7.84. The lowest BCUT2D eigenvalue weighted by Gasteiger charge is -2.41. The number of amides is 2. The van der Waals surface area contributed by atoms with E-state index >= 15 is 0 Å². The number of thiazole rings is 1. The van der Waals surface area contributed by atoms with Crippen LogP contribution in [-0.4, -0.2) is 94.6 Å². The summed E-state index contributed by atoms with van der Waals surface area (Å²) in [5.41, 5.74) is 9.75. The predicted molar refractivity (Wildman–Crippen MR) is 255 cm³/mol. The number of Topliss-reactive ketones (excluding diaryl/α,β-unsaturated/α-hetero) is 1. The Morgan fingerprint density at radius 2 is 1.52 bits per heavy atom. The van der Waals surface area contributed by atoms with Crippen LogP contribution in [0.5, 0.6) is 5.75 Å². The van der Waals surface area contributed by atoms with E-state index in [0.717, 1.165) is 27.8 Å². The molecule has 0 saturated carbocycles. The van der Waals surface area contributed by atoms with Gasteiger partial charge in [-0.2, -0.15) is 8.42 Å². The number of nitrogens with two attached hydrogens (primary N) is 1. The molecule has 2 aliphatic heterocycles.